The number of aliphatic carboxylic acids is 1. The van der Waals surface area contributed by atoms with E-state index in [4.69, 9.17) is 34.1 Å². The van der Waals surface area contributed by atoms with Crippen molar-refractivity contribution >= 4 is 71.0 Å². The van der Waals surface area contributed by atoms with Crippen molar-refractivity contribution in [3.05, 3.63) is 0 Å². The van der Waals surface area contributed by atoms with E-state index in [1.165, 1.54) is 6.92 Å². The Bertz CT molecular complexity index is 1890. The molecule has 1 saturated heterocycles. The SMILES string of the molecule is C[C@H](NC(=O)[C@H](CO)NC(=O)[C@@H](NC(=O)[C@H](CCCCN)NC(=O)[C@H](CCC(N)=O)NC(=O)[C@@H](N)CCCCN)[C@@H](C)O)C(=O)NCC(=O)N[C@@H](CCCNC(=N)N)C(=O)NCC(=O)N1CCCC[C@H]1C(=O)O. The maximum absolute atomic E-state index is 13.7. The van der Waals surface area contributed by atoms with Gasteiger partial charge >= 0.3 is 5.97 Å². The normalized spacial score (nSPS) is 16.5. The molecule has 73 heavy (non-hydrogen) atoms. The lowest BCUT2D eigenvalue weighted by Crippen LogP contribution is -2.62. The van der Waals surface area contributed by atoms with Crippen molar-refractivity contribution in [2.24, 2.45) is 28.7 Å². The van der Waals surface area contributed by atoms with Gasteiger partial charge in [0.2, 0.25) is 59.1 Å². The predicted molar refractivity (Wildman–Crippen MR) is 260 cm³/mol. The lowest BCUT2D eigenvalue weighted by Gasteiger charge is -2.33. The second-order valence-corrected chi connectivity index (χ2v) is 17.5. The molecule has 30 heteroatoms. The lowest BCUT2D eigenvalue weighted by molar-refractivity contribution is -0.151. The largest absolute Gasteiger partial charge is 0.480 e. The number of carboxylic acid groups (broad SMARTS) is 1. The molecular formula is C43H78N16O14. The van der Waals surface area contributed by atoms with Crippen LogP contribution in [0.1, 0.15) is 97.3 Å². The molecule has 0 aromatic heterocycles. The van der Waals surface area contributed by atoms with E-state index in [2.05, 4.69) is 47.9 Å². The Balaban J connectivity index is 3.01. The highest BCUT2D eigenvalue weighted by molar-refractivity contribution is 5.98. The maximum atomic E-state index is 13.7. The molecule has 0 aromatic carbocycles. The highest BCUT2D eigenvalue weighted by Gasteiger charge is 2.35. The summed E-state index contributed by atoms with van der Waals surface area (Å²) in [5.41, 5.74) is 27.7. The molecule has 0 saturated carbocycles. The van der Waals surface area contributed by atoms with Crippen LogP contribution in [0, 0.1) is 5.41 Å². The van der Waals surface area contributed by atoms with Gasteiger partial charge in [-0.05, 0) is 97.6 Å². The predicted octanol–water partition coefficient (Wildman–Crippen LogP) is -7.90. The van der Waals surface area contributed by atoms with E-state index in [0.29, 0.717) is 38.6 Å². The van der Waals surface area contributed by atoms with Gasteiger partial charge in [0.25, 0.3) is 0 Å². The van der Waals surface area contributed by atoms with Gasteiger partial charge in [-0.2, -0.15) is 0 Å². The third-order valence-electron chi connectivity index (χ3n) is 11.4. The molecule has 0 bridgehead atoms. The topological polar surface area (TPSA) is 514 Å². The molecule has 9 atom stereocenters. The van der Waals surface area contributed by atoms with E-state index >= 15 is 0 Å². The Kier molecular flexibility index (Phi) is 30.4. The summed E-state index contributed by atoms with van der Waals surface area (Å²) in [7, 11) is 0. The van der Waals surface area contributed by atoms with Gasteiger partial charge in [-0.25, -0.2) is 4.79 Å². The third-order valence-corrected chi connectivity index (χ3v) is 11.4. The molecule has 0 spiro atoms. The zero-order chi connectivity index (χ0) is 55.2. The minimum Gasteiger partial charge on any atom is -0.480 e. The van der Waals surface area contributed by atoms with Gasteiger partial charge in [0.05, 0.1) is 31.8 Å². The smallest absolute Gasteiger partial charge is 0.326 e. The number of likely N-dealkylation sites (tertiary alicyclic amines) is 1. The number of unbranched alkanes of at least 4 members (excludes halogenated alkanes) is 2. The summed E-state index contributed by atoms with van der Waals surface area (Å²) in [6.07, 6.45) is 1.41. The number of nitrogens with one attached hydrogen (secondary N) is 10. The first-order valence-corrected chi connectivity index (χ1v) is 24.2. The number of nitrogens with zero attached hydrogens (tertiary/aromatic N) is 1. The molecule has 1 fully saturated rings. The number of guanidine groups is 1. The first-order chi connectivity index (χ1) is 34.5. The fraction of sp³-hybridized carbons (Fsp3) is 0.721. The van der Waals surface area contributed by atoms with Crippen molar-refractivity contribution < 1.29 is 68.1 Å². The average Bonchev–Trinajstić information content (AvgIpc) is 3.34. The monoisotopic (exact) mass is 1040 g/mol. The van der Waals surface area contributed by atoms with Gasteiger partial charge in [-0.3, -0.25) is 53.4 Å². The minimum atomic E-state index is -1.80. The molecule has 23 N–H and O–H groups in total. The first kappa shape index (κ1) is 64.3. The Morgan fingerprint density at radius 3 is 1.77 bits per heavy atom. The fourth-order valence-corrected chi connectivity index (χ4v) is 7.24. The quantitative estimate of drug-likeness (QED) is 0.0159. The van der Waals surface area contributed by atoms with Crippen molar-refractivity contribution in [2.75, 3.05) is 45.9 Å². The number of hydrogen-bond acceptors (Lipinski definition) is 17. The molecule has 0 unspecified atom stereocenters. The Hall–Kier alpha value is -6.76. The van der Waals surface area contributed by atoms with Gasteiger partial charge in [-0.15, -0.1) is 0 Å². The van der Waals surface area contributed by atoms with Gasteiger partial charge in [0.1, 0.15) is 42.3 Å². The summed E-state index contributed by atoms with van der Waals surface area (Å²) < 4.78 is 0. The summed E-state index contributed by atoms with van der Waals surface area (Å²) in [6, 6.07) is -11.1. The number of rotatable bonds is 35. The van der Waals surface area contributed by atoms with E-state index < -0.39 is 139 Å². The van der Waals surface area contributed by atoms with Crippen LogP contribution in [0.25, 0.3) is 0 Å². The number of hydrogen-bond donors (Lipinski definition) is 18. The molecule has 1 aliphatic rings. The molecule has 414 valence electrons. The average molecular weight is 1040 g/mol. The van der Waals surface area contributed by atoms with Crippen molar-refractivity contribution in [3.63, 3.8) is 0 Å². The second kappa shape index (κ2) is 34.6. The molecule has 30 nitrogen and oxygen atoms in total. The molecular weight excluding hydrogens is 965 g/mol. The van der Waals surface area contributed by atoms with Crippen molar-refractivity contribution in [1.29, 1.82) is 5.41 Å². The fourth-order valence-electron chi connectivity index (χ4n) is 7.24. The van der Waals surface area contributed by atoms with Crippen LogP contribution in [-0.2, 0) is 52.7 Å². The van der Waals surface area contributed by atoms with Crippen LogP contribution in [0.15, 0.2) is 0 Å². The summed E-state index contributed by atoms with van der Waals surface area (Å²) >= 11 is 0. The third kappa shape index (κ3) is 25.0. The van der Waals surface area contributed by atoms with Gasteiger partial charge in [0.15, 0.2) is 5.96 Å². The number of aliphatic hydroxyl groups excluding tert-OH is 2. The maximum Gasteiger partial charge on any atom is 0.326 e. The summed E-state index contributed by atoms with van der Waals surface area (Å²) in [5.74, 6) is -10.4. The van der Waals surface area contributed by atoms with Crippen LogP contribution in [0.3, 0.4) is 0 Å². The number of carboxylic acids is 1. The number of primary amides is 1. The molecule has 0 aromatic rings. The van der Waals surface area contributed by atoms with E-state index in [1.807, 2.05) is 0 Å². The second-order valence-electron chi connectivity index (χ2n) is 17.5. The summed E-state index contributed by atoms with van der Waals surface area (Å²) in [6.45, 7) is 0.910. The molecule has 1 aliphatic heterocycles. The molecule has 1 rings (SSSR count). The van der Waals surface area contributed by atoms with Crippen molar-refractivity contribution in [3.8, 4) is 0 Å². The van der Waals surface area contributed by atoms with Crippen LogP contribution in [-0.4, -0.2) is 192 Å². The van der Waals surface area contributed by atoms with Gasteiger partial charge in [0, 0.05) is 19.5 Å². The first-order valence-electron chi connectivity index (χ1n) is 24.2. The number of amides is 10. The zero-order valence-corrected chi connectivity index (χ0v) is 41.5. The van der Waals surface area contributed by atoms with Gasteiger partial charge in [-0.1, -0.05) is 6.42 Å². The minimum absolute atomic E-state index is 0.0264. The van der Waals surface area contributed by atoms with E-state index in [9.17, 15) is 68.1 Å². The van der Waals surface area contributed by atoms with Gasteiger partial charge < -0.3 is 96.7 Å². The van der Waals surface area contributed by atoms with Crippen molar-refractivity contribution in [1.82, 2.24) is 52.8 Å². The summed E-state index contributed by atoms with van der Waals surface area (Å²) in [5, 5.41) is 58.8. The molecule has 10 amide bonds. The highest BCUT2D eigenvalue weighted by Crippen LogP contribution is 2.17. The Morgan fingerprint density at radius 1 is 0.630 bits per heavy atom. The lowest BCUT2D eigenvalue weighted by atomic mass is 10.0. The van der Waals surface area contributed by atoms with Crippen LogP contribution >= 0.6 is 0 Å². The van der Waals surface area contributed by atoms with Crippen LogP contribution in [0.5, 0.6) is 0 Å². The number of carbonyl (C=O) groups excluding carboxylic acids is 10. The van der Waals surface area contributed by atoms with Crippen LogP contribution in [0.2, 0.25) is 0 Å². The number of piperidine rings is 1. The molecule has 1 heterocycles. The standard InChI is InChI=1S/C43H78N16O14/c1-23(35(65)51-20-32(63)54-26(12-9-18-50-43(48)49)37(67)52-21-33(64)59-19-8-5-13-30(59)42(72)73)53-40(70)29(22-60)57-41(71)34(24(2)61)58-39(69)27(11-4-7-17-45)56-38(68)28(14-15-31(47)62)55-36(66)25(46)10-3-6-16-44/h23-30,34,60-61H,3-22,44-46H2,1-2H3,(H2,47,62)(H,51,65)(H,52,67)(H,53,70)(H,54,63)(H,55,66)(H,56,68)(H,57,71)(H,58,69)(H,72,73)(H4,48,49,50)/t23-,24+,25-,26-,27-,28-,29-,30-,34-/m0/s1. The number of carbonyl (C=O) groups is 11. The summed E-state index contributed by atoms with van der Waals surface area (Å²) in [4.78, 5) is 143. The zero-order valence-electron chi connectivity index (χ0n) is 41.5. The number of aliphatic hydroxyl groups is 2. The molecule has 0 radical (unpaired) electrons. The van der Waals surface area contributed by atoms with Crippen molar-refractivity contribution in [2.45, 2.75) is 152 Å². The van der Waals surface area contributed by atoms with E-state index in [-0.39, 0.29) is 77.0 Å². The van der Waals surface area contributed by atoms with Crippen LogP contribution in [0.4, 0.5) is 0 Å². The van der Waals surface area contributed by atoms with E-state index in [1.54, 1.807) is 0 Å². The Labute approximate surface area is 422 Å². The highest BCUT2D eigenvalue weighted by atomic mass is 16.4. The Morgan fingerprint density at radius 2 is 1.18 bits per heavy atom. The van der Waals surface area contributed by atoms with E-state index in [0.717, 1.165) is 11.8 Å². The molecule has 0 aliphatic carbocycles. The van der Waals surface area contributed by atoms with Crippen LogP contribution < -0.4 is 76.5 Å². The number of nitrogens with two attached hydrogens (primary N) is 5.